The molecule has 0 amide bonds. The van der Waals surface area contributed by atoms with E-state index in [9.17, 15) is 9.36 Å². The summed E-state index contributed by atoms with van der Waals surface area (Å²) in [6.07, 6.45) is 0. The van der Waals surface area contributed by atoms with Gasteiger partial charge in [0.1, 0.15) is 0 Å². The Hall–Kier alpha value is -1.70. The highest BCUT2D eigenvalue weighted by Crippen LogP contribution is 2.23. The zero-order valence-corrected chi connectivity index (χ0v) is 10.9. The van der Waals surface area contributed by atoms with Crippen molar-refractivity contribution in [1.82, 2.24) is 0 Å². The first-order valence-corrected chi connectivity index (χ1v) is 6.83. The molecule has 1 atom stereocenters. The predicted molar refractivity (Wildman–Crippen MR) is 72.0 cm³/mol. The van der Waals surface area contributed by atoms with Crippen molar-refractivity contribution in [1.29, 1.82) is 0 Å². The lowest BCUT2D eigenvalue weighted by Gasteiger charge is -2.07. The van der Waals surface area contributed by atoms with Crippen molar-refractivity contribution in [2.75, 3.05) is 7.11 Å². The average molecular weight is 260 g/mol. The molecule has 0 heterocycles. The van der Waals surface area contributed by atoms with Gasteiger partial charge in [-0.05, 0) is 6.07 Å². The molecule has 2 aromatic rings. The largest absolute Gasteiger partial charge is 0.331 e. The van der Waals surface area contributed by atoms with Crippen molar-refractivity contribution >= 4 is 19.1 Å². The Morgan fingerprint density at radius 2 is 1.61 bits per heavy atom. The van der Waals surface area contributed by atoms with E-state index >= 15 is 0 Å². The number of carbonyl (C=O) groups is 1. The second-order valence-electron chi connectivity index (χ2n) is 3.73. The van der Waals surface area contributed by atoms with Gasteiger partial charge >= 0.3 is 0 Å². The molecule has 0 fully saturated rings. The van der Waals surface area contributed by atoms with Crippen LogP contribution in [-0.4, -0.2) is 12.9 Å². The highest BCUT2D eigenvalue weighted by Gasteiger charge is 2.16. The molecule has 0 bridgehead atoms. The smallest absolute Gasteiger partial charge is 0.221 e. The second kappa shape index (κ2) is 5.76. The van der Waals surface area contributed by atoms with Crippen LogP contribution in [0.1, 0.15) is 15.9 Å². The first-order chi connectivity index (χ1) is 8.74. The number of ketones is 1. The summed E-state index contributed by atoms with van der Waals surface area (Å²) in [6, 6.07) is 15.8. The zero-order valence-electron chi connectivity index (χ0n) is 9.92. The minimum absolute atomic E-state index is 0.137. The lowest BCUT2D eigenvalue weighted by atomic mass is 10.0. The molecule has 0 aromatic heterocycles. The number of hydrogen-bond donors (Lipinski definition) is 0. The van der Waals surface area contributed by atoms with Crippen LogP contribution < -0.4 is 5.30 Å². The fourth-order valence-corrected chi connectivity index (χ4v) is 2.58. The van der Waals surface area contributed by atoms with Gasteiger partial charge in [0, 0.05) is 23.5 Å². The highest BCUT2D eigenvalue weighted by atomic mass is 31.1. The SMILES string of the molecule is CO[PH](=O)c1ccccc1C(=O)c1ccccc1. The van der Waals surface area contributed by atoms with Crippen molar-refractivity contribution in [2.45, 2.75) is 0 Å². The van der Waals surface area contributed by atoms with E-state index in [1.165, 1.54) is 7.11 Å². The lowest BCUT2D eigenvalue weighted by molar-refractivity contribution is 0.103. The first-order valence-electron chi connectivity index (χ1n) is 5.51. The van der Waals surface area contributed by atoms with Crippen LogP contribution in [0.3, 0.4) is 0 Å². The summed E-state index contributed by atoms with van der Waals surface area (Å²) in [6.45, 7) is 0. The molecule has 4 heteroatoms. The third-order valence-electron chi connectivity index (χ3n) is 2.61. The van der Waals surface area contributed by atoms with Gasteiger partial charge in [-0.1, -0.05) is 48.5 Å². The Labute approximate surface area is 106 Å². The number of hydrogen-bond acceptors (Lipinski definition) is 3. The quantitative estimate of drug-likeness (QED) is 0.627. The Morgan fingerprint density at radius 3 is 2.28 bits per heavy atom. The molecule has 1 unspecified atom stereocenters. The Kier molecular flexibility index (Phi) is 4.08. The molecule has 0 aliphatic heterocycles. The molecule has 0 N–H and O–H groups in total. The molecule has 0 saturated heterocycles. The van der Waals surface area contributed by atoms with Crippen molar-refractivity contribution < 1.29 is 13.9 Å². The number of rotatable bonds is 4. The van der Waals surface area contributed by atoms with Crippen molar-refractivity contribution in [2.24, 2.45) is 0 Å². The Morgan fingerprint density at radius 1 is 1.00 bits per heavy atom. The van der Waals surface area contributed by atoms with E-state index in [1.807, 2.05) is 6.07 Å². The molecule has 2 rings (SSSR count). The zero-order chi connectivity index (χ0) is 13.0. The van der Waals surface area contributed by atoms with Gasteiger partial charge < -0.3 is 4.52 Å². The third kappa shape index (κ3) is 2.58. The van der Waals surface area contributed by atoms with E-state index < -0.39 is 8.03 Å². The molecule has 3 nitrogen and oxygen atoms in total. The Bertz CT molecular complexity index is 579. The summed E-state index contributed by atoms with van der Waals surface area (Å²) < 4.78 is 16.6. The molecular weight excluding hydrogens is 247 g/mol. The molecule has 0 spiro atoms. The van der Waals surface area contributed by atoms with Gasteiger partial charge in [0.15, 0.2) is 5.78 Å². The van der Waals surface area contributed by atoms with Gasteiger partial charge in [0.2, 0.25) is 8.03 Å². The fourth-order valence-electron chi connectivity index (χ4n) is 1.71. The molecule has 92 valence electrons. The van der Waals surface area contributed by atoms with Crippen LogP contribution >= 0.6 is 8.03 Å². The van der Waals surface area contributed by atoms with Gasteiger partial charge in [-0.15, -0.1) is 0 Å². The summed E-state index contributed by atoms with van der Waals surface area (Å²) in [7, 11) is -0.979. The fraction of sp³-hybridized carbons (Fsp3) is 0.0714. The van der Waals surface area contributed by atoms with Crippen LogP contribution in [0, 0.1) is 0 Å². The molecule has 0 radical (unpaired) electrons. The monoisotopic (exact) mass is 260 g/mol. The molecule has 0 saturated carbocycles. The summed E-state index contributed by atoms with van der Waals surface area (Å²) in [5, 5.41) is 0.471. The van der Waals surface area contributed by atoms with E-state index in [1.54, 1.807) is 48.5 Å². The maximum Gasteiger partial charge on any atom is 0.221 e. The molecule has 18 heavy (non-hydrogen) atoms. The average Bonchev–Trinajstić information content (AvgIpc) is 2.46. The van der Waals surface area contributed by atoms with Gasteiger partial charge in [0.25, 0.3) is 0 Å². The molecule has 2 aromatic carbocycles. The summed E-state index contributed by atoms with van der Waals surface area (Å²) in [5.74, 6) is -0.137. The van der Waals surface area contributed by atoms with Gasteiger partial charge in [-0.2, -0.15) is 0 Å². The van der Waals surface area contributed by atoms with E-state index in [2.05, 4.69) is 0 Å². The minimum Gasteiger partial charge on any atom is -0.331 e. The standard InChI is InChI=1S/C14H13O3P/c1-17-18(16)13-10-6-5-9-12(13)14(15)11-7-3-2-4-8-11/h2-10,18H,1H3. The van der Waals surface area contributed by atoms with E-state index in [0.717, 1.165) is 0 Å². The van der Waals surface area contributed by atoms with Crippen LogP contribution in [0.15, 0.2) is 54.6 Å². The minimum atomic E-state index is -2.36. The second-order valence-corrected chi connectivity index (χ2v) is 5.25. The number of benzene rings is 2. The normalized spacial score (nSPS) is 12.1. The van der Waals surface area contributed by atoms with Crippen LogP contribution in [0.5, 0.6) is 0 Å². The van der Waals surface area contributed by atoms with Crippen LogP contribution in [-0.2, 0) is 9.09 Å². The summed E-state index contributed by atoms with van der Waals surface area (Å²) in [4.78, 5) is 12.3. The maximum atomic E-state index is 12.3. The maximum absolute atomic E-state index is 12.3. The van der Waals surface area contributed by atoms with Crippen molar-refractivity contribution in [3.05, 3.63) is 65.7 Å². The molecule has 0 aliphatic rings. The van der Waals surface area contributed by atoms with Crippen LogP contribution in [0.25, 0.3) is 0 Å². The highest BCUT2D eigenvalue weighted by molar-refractivity contribution is 7.48. The topological polar surface area (TPSA) is 43.4 Å². The molecular formula is C14H13O3P. The Balaban J connectivity index is 2.46. The van der Waals surface area contributed by atoms with Crippen LogP contribution in [0.4, 0.5) is 0 Å². The van der Waals surface area contributed by atoms with Crippen LogP contribution in [0.2, 0.25) is 0 Å². The predicted octanol–water partition coefficient (Wildman–Crippen LogP) is 2.66. The third-order valence-corrected chi connectivity index (χ3v) is 3.86. The number of carbonyl (C=O) groups excluding carboxylic acids is 1. The van der Waals surface area contributed by atoms with E-state index in [4.69, 9.17) is 4.52 Å². The molecule has 0 aliphatic carbocycles. The van der Waals surface area contributed by atoms with Gasteiger partial charge in [-0.3, -0.25) is 9.36 Å². The lowest BCUT2D eigenvalue weighted by Crippen LogP contribution is -2.13. The van der Waals surface area contributed by atoms with Crippen molar-refractivity contribution in [3.63, 3.8) is 0 Å². The summed E-state index contributed by atoms with van der Waals surface area (Å²) >= 11 is 0. The van der Waals surface area contributed by atoms with Crippen molar-refractivity contribution in [3.8, 4) is 0 Å². The first kappa shape index (κ1) is 12.7. The van der Waals surface area contributed by atoms with E-state index in [-0.39, 0.29) is 5.78 Å². The van der Waals surface area contributed by atoms with Gasteiger partial charge in [0.05, 0.1) is 0 Å². The van der Waals surface area contributed by atoms with E-state index in [0.29, 0.717) is 16.4 Å². The summed E-state index contributed by atoms with van der Waals surface area (Å²) in [5.41, 5.74) is 1.02. The van der Waals surface area contributed by atoms with Gasteiger partial charge in [-0.25, -0.2) is 0 Å².